The molecule has 138 valence electrons. The quantitative estimate of drug-likeness (QED) is 0.860. The summed E-state index contributed by atoms with van der Waals surface area (Å²) in [6.45, 7) is 1.19. The second-order valence-corrected chi connectivity index (χ2v) is 6.05. The lowest BCUT2D eigenvalue weighted by molar-refractivity contribution is -0.141. The summed E-state index contributed by atoms with van der Waals surface area (Å²) in [6.07, 6.45) is -1.32. The third kappa shape index (κ3) is 3.89. The molecule has 0 bridgehead atoms. The number of nitrogens with zero attached hydrogens (tertiary/aromatic N) is 4. The van der Waals surface area contributed by atoms with Crippen LogP contribution in [0.2, 0.25) is 0 Å². The molecule has 3 rings (SSSR count). The molecule has 1 amide bonds. The molecule has 1 aliphatic rings. The van der Waals surface area contributed by atoms with E-state index in [4.69, 9.17) is 5.73 Å². The number of halogens is 3. The van der Waals surface area contributed by atoms with Crippen LogP contribution in [0.25, 0.3) is 0 Å². The number of carbonyl (C=O) groups is 1. The van der Waals surface area contributed by atoms with E-state index >= 15 is 0 Å². The van der Waals surface area contributed by atoms with Crippen LogP contribution in [-0.4, -0.2) is 25.8 Å². The molecule has 0 radical (unpaired) electrons. The molecular formula is C16H17F3N6O. The van der Waals surface area contributed by atoms with E-state index in [1.54, 1.807) is 0 Å². The Morgan fingerprint density at radius 2 is 1.92 bits per heavy atom. The van der Waals surface area contributed by atoms with E-state index < -0.39 is 17.8 Å². The first-order valence-corrected chi connectivity index (χ1v) is 8.09. The van der Waals surface area contributed by atoms with Crippen molar-refractivity contribution in [1.82, 2.24) is 25.3 Å². The smallest absolute Gasteiger partial charge is 0.368 e. The van der Waals surface area contributed by atoms with Crippen molar-refractivity contribution in [3.63, 3.8) is 0 Å². The van der Waals surface area contributed by atoms with Crippen molar-refractivity contribution in [2.24, 2.45) is 0 Å². The van der Waals surface area contributed by atoms with Gasteiger partial charge in [0.15, 0.2) is 0 Å². The highest BCUT2D eigenvalue weighted by atomic mass is 19.4. The topological polar surface area (TPSA) is 107 Å². The Balaban J connectivity index is 1.80. The highest BCUT2D eigenvalue weighted by molar-refractivity contribution is 5.94. The molecular weight excluding hydrogens is 349 g/mol. The predicted molar refractivity (Wildman–Crippen MR) is 86.0 cm³/mol. The number of aromatic nitrogens is 4. The van der Waals surface area contributed by atoms with E-state index in [1.165, 1.54) is 6.92 Å². The Hall–Kier alpha value is -2.78. The van der Waals surface area contributed by atoms with Crippen molar-refractivity contribution >= 4 is 11.9 Å². The number of rotatable bonds is 3. The van der Waals surface area contributed by atoms with E-state index in [0.29, 0.717) is 6.42 Å². The van der Waals surface area contributed by atoms with Gasteiger partial charge in [0.2, 0.25) is 5.95 Å². The molecule has 0 spiro atoms. The van der Waals surface area contributed by atoms with Gasteiger partial charge in [0.05, 0.1) is 6.54 Å². The van der Waals surface area contributed by atoms with Gasteiger partial charge in [0, 0.05) is 17.0 Å². The molecule has 0 aromatic carbocycles. The summed E-state index contributed by atoms with van der Waals surface area (Å²) in [5.41, 5.74) is 6.44. The van der Waals surface area contributed by atoms with Gasteiger partial charge < -0.3 is 11.1 Å². The molecule has 2 aromatic heterocycles. The SMILES string of the molecule is Cc1cc(C(F)(F)F)nc(CNC(=O)c2nc(N)nc3c2CCCC3)n1. The van der Waals surface area contributed by atoms with Gasteiger partial charge in [-0.1, -0.05) is 0 Å². The molecule has 0 unspecified atom stereocenters. The Morgan fingerprint density at radius 1 is 1.19 bits per heavy atom. The van der Waals surface area contributed by atoms with Crippen molar-refractivity contribution < 1.29 is 18.0 Å². The fourth-order valence-corrected chi connectivity index (χ4v) is 2.90. The Labute approximate surface area is 147 Å². The fourth-order valence-electron chi connectivity index (χ4n) is 2.90. The Morgan fingerprint density at radius 3 is 2.65 bits per heavy atom. The monoisotopic (exact) mass is 366 g/mol. The molecule has 2 heterocycles. The third-order valence-electron chi connectivity index (χ3n) is 4.01. The van der Waals surface area contributed by atoms with Gasteiger partial charge in [-0.3, -0.25) is 4.79 Å². The summed E-state index contributed by atoms with van der Waals surface area (Å²) in [7, 11) is 0. The largest absolute Gasteiger partial charge is 0.433 e. The average Bonchev–Trinajstić information content (AvgIpc) is 2.57. The first-order chi connectivity index (χ1) is 12.2. The maximum absolute atomic E-state index is 12.8. The number of nitrogen functional groups attached to an aromatic ring is 1. The lowest BCUT2D eigenvalue weighted by Gasteiger charge is -2.17. The van der Waals surface area contributed by atoms with Crippen LogP contribution in [0.4, 0.5) is 19.1 Å². The van der Waals surface area contributed by atoms with Crippen LogP contribution in [0, 0.1) is 6.92 Å². The van der Waals surface area contributed by atoms with Crippen molar-refractivity contribution in [2.75, 3.05) is 5.73 Å². The summed E-state index contributed by atoms with van der Waals surface area (Å²) >= 11 is 0. The van der Waals surface area contributed by atoms with Gasteiger partial charge in [-0.05, 0) is 38.7 Å². The number of alkyl halides is 3. The van der Waals surface area contributed by atoms with Crippen LogP contribution in [0.1, 0.15) is 51.8 Å². The molecule has 1 aliphatic carbocycles. The van der Waals surface area contributed by atoms with E-state index in [9.17, 15) is 18.0 Å². The highest BCUT2D eigenvalue weighted by Gasteiger charge is 2.33. The average molecular weight is 366 g/mol. The minimum Gasteiger partial charge on any atom is -0.368 e. The maximum Gasteiger partial charge on any atom is 0.433 e. The number of amides is 1. The van der Waals surface area contributed by atoms with Crippen LogP contribution >= 0.6 is 0 Å². The lowest BCUT2D eigenvalue weighted by Crippen LogP contribution is -2.28. The van der Waals surface area contributed by atoms with E-state index in [1.807, 2.05) is 0 Å². The first kappa shape index (κ1) is 18.0. The number of carbonyl (C=O) groups excluding carboxylic acids is 1. The number of anilines is 1. The lowest BCUT2D eigenvalue weighted by atomic mass is 9.94. The number of aryl methyl sites for hydroxylation is 2. The van der Waals surface area contributed by atoms with Gasteiger partial charge in [-0.25, -0.2) is 19.9 Å². The summed E-state index contributed by atoms with van der Waals surface area (Å²) in [5, 5.41) is 2.52. The molecule has 10 heteroatoms. The van der Waals surface area contributed by atoms with E-state index in [0.717, 1.165) is 36.6 Å². The first-order valence-electron chi connectivity index (χ1n) is 8.09. The summed E-state index contributed by atoms with van der Waals surface area (Å²) < 4.78 is 38.5. The number of nitrogens with two attached hydrogens (primary N) is 1. The van der Waals surface area contributed by atoms with Gasteiger partial charge in [0.25, 0.3) is 5.91 Å². The normalized spacial score (nSPS) is 14.0. The van der Waals surface area contributed by atoms with Crippen LogP contribution in [-0.2, 0) is 25.6 Å². The molecule has 26 heavy (non-hydrogen) atoms. The van der Waals surface area contributed by atoms with Crippen LogP contribution in [0.3, 0.4) is 0 Å². The number of fused-ring (bicyclic) bond motifs is 1. The second kappa shape index (κ2) is 6.85. The predicted octanol–water partition coefficient (Wildman–Crippen LogP) is 1.98. The fraction of sp³-hybridized carbons (Fsp3) is 0.438. The molecule has 0 saturated heterocycles. The summed E-state index contributed by atoms with van der Waals surface area (Å²) in [5.74, 6) is -0.653. The van der Waals surface area contributed by atoms with E-state index in [2.05, 4.69) is 25.3 Å². The van der Waals surface area contributed by atoms with Crippen molar-refractivity contribution in [2.45, 2.75) is 45.3 Å². The summed E-state index contributed by atoms with van der Waals surface area (Å²) in [4.78, 5) is 28.0. The van der Waals surface area contributed by atoms with Gasteiger partial charge in [0.1, 0.15) is 17.2 Å². The van der Waals surface area contributed by atoms with Crippen LogP contribution in [0.15, 0.2) is 6.07 Å². The Bertz CT molecular complexity index is 853. The standard InChI is InChI=1S/C16H17F3N6O/c1-8-6-11(16(17,18)19)24-12(22-8)7-21-14(26)13-9-4-2-3-5-10(9)23-15(20)25-13/h6H,2-5,7H2,1H3,(H,21,26)(H2,20,23,25). The zero-order valence-electron chi connectivity index (χ0n) is 14.0. The third-order valence-corrected chi connectivity index (χ3v) is 4.01. The molecule has 0 saturated carbocycles. The molecule has 7 nitrogen and oxygen atoms in total. The molecule has 0 atom stereocenters. The van der Waals surface area contributed by atoms with E-state index in [-0.39, 0.29) is 29.7 Å². The molecule has 3 N–H and O–H groups in total. The molecule has 0 aliphatic heterocycles. The van der Waals surface area contributed by atoms with Gasteiger partial charge >= 0.3 is 6.18 Å². The highest BCUT2D eigenvalue weighted by Crippen LogP contribution is 2.28. The van der Waals surface area contributed by atoms with Crippen LogP contribution in [0.5, 0.6) is 0 Å². The minimum atomic E-state index is -4.58. The van der Waals surface area contributed by atoms with Crippen LogP contribution < -0.4 is 11.1 Å². The van der Waals surface area contributed by atoms with Crippen molar-refractivity contribution in [3.05, 3.63) is 40.2 Å². The zero-order valence-corrected chi connectivity index (χ0v) is 14.0. The molecule has 2 aromatic rings. The minimum absolute atomic E-state index is 0.00182. The van der Waals surface area contributed by atoms with Crippen molar-refractivity contribution in [3.8, 4) is 0 Å². The molecule has 0 fully saturated rings. The summed E-state index contributed by atoms with van der Waals surface area (Å²) in [6, 6.07) is 0.854. The van der Waals surface area contributed by atoms with Gasteiger partial charge in [-0.15, -0.1) is 0 Å². The van der Waals surface area contributed by atoms with Gasteiger partial charge in [-0.2, -0.15) is 13.2 Å². The number of hydrogen-bond acceptors (Lipinski definition) is 6. The number of hydrogen-bond donors (Lipinski definition) is 2. The Kier molecular flexibility index (Phi) is 4.75. The second-order valence-electron chi connectivity index (χ2n) is 6.05. The maximum atomic E-state index is 12.8. The number of nitrogens with one attached hydrogen (secondary N) is 1. The zero-order chi connectivity index (χ0) is 18.9. The van der Waals surface area contributed by atoms with Crippen molar-refractivity contribution in [1.29, 1.82) is 0 Å².